The molecule has 0 amide bonds. The van der Waals surface area contributed by atoms with Crippen molar-refractivity contribution >= 4 is 5.97 Å². The predicted octanol–water partition coefficient (Wildman–Crippen LogP) is 2.18. The van der Waals surface area contributed by atoms with Gasteiger partial charge in [0, 0.05) is 13.1 Å². The summed E-state index contributed by atoms with van der Waals surface area (Å²) in [6, 6.07) is 0. The van der Waals surface area contributed by atoms with Gasteiger partial charge in [-0.15, -0.1) is 0 Å². The molecule has 1 saturated heterocycles. The highest BCUT2D eigenvalue weighted by molar-refractivity contribution is 5.70. The second-order valence-corrected chi connectivity index (χ2v) is 6.44. The van der Waals surface area contributed by atoms with Crippen LogP contribution in [0.1, 0.15) is 27.2 Å². The minimum Gasteiger partial charge on any atom is -0.481 e. The topological polar surface area (TPSA) is 40.5 Å². The number of rotatable bonds is 2. The molecule has 2 fully saturated rings. The largest absolute Gasteiger partial charge is 0.481 e. The third-order valence-corrected chi connectivity index (χ3v) is 5.21. The molecule has 98 valence electrons. The molecule has 1 saturated carbocycles. The molecule has 0 aromatic heterocycles. The predicted molar refractivity (Wildman–Crippen MR) is 67.7 cm³/mol. The van der Waals surface area contributed by atoms with Crippen molar-refractivity contribution in [3.8, 4) is 0 Å². The first-order valence-electron chi connectivity index (χ1n) is 6.83. The van der Waals surface area contributed by atoms with Crippen LogP contribution in [0.4, 0.5) is 0 Å². The summed E-state index contributed by atoms with van der Waals surface area (Å²) in [5.74, 6) is 2.04. The second kappa shape index (κ2) is 4.60. The SMILES string of the molecule is CC(C(=O)O)C1C2CN(C)CC1[C@H](C)C[C@H]2C. The van der Waals surface area contributed by atoms with E-state index in [1.165, 1.54) is 6.42 Å². The average molecular weight is 239 g/mol. The second-order valence-electron chi connectivity index (χ2n) is 6.44. The molecule has 2 aliphatic rings. The lowest BCUT2D eigenvalue weighted by molar-refractivity contribution is -0.149. The van der Waals surface area contributed by atoms with Crippen LogP contribution < -0.4 is 0 Å². The van der Waals surface area contributed by atoms with E-state index in [1.807, 2.05) is 6.92 Å². The molecule has 0 radical (unpaired) electrons. The van der Waals surface area contributed by atoms with Crippen LogP contribution >= 0.6 is 0 Å². The Morgan fingerprint density at radius 3 is 2.12 bits per heavy atom. The molecule has 0 aromatic rings. The van der Waals surface area contributed by atoms with Crippen molar-refractivity contribution in [2.75, 3.05) is 20.1 Å². The fourth-order valence-corrected chi connectivity index (χ4v) is 4.32. The van der Waals surface area contributed by atoms with E-state index in [4.69, 9.17) is 0 Å². The maximum atomic E-state index is 11.3. The first-order valence-corrected chi connectivity index (χ1v) is 6.83. The normalized spacial score (nSPS) is 44.4. The third-order valence-electron chi connectivity index (χ3n) is 5.21. The number of carboxylic acid groups (broad SMARTS) is 1. The smallest absolute Gasteiger partial charge is 0.306 e. The number of piperidine rings is 1. The lowest BCUT2D eigenvalue weighted by Gasteiger charge is -2.53. The zero-order valence-electron chi connectivity index (χ0n) is 11.4. The summed E-state index contributed by atoms with van der Waals surface area (Å²) in [5.41, 5.74) is 0. The van der Waals surface area contributed by atoms with Crippen LogP contribution in [0.15, 0.2) is 0 Å². The summed E-state index contributed by atoms with van der Waals surface area (Å²) >= 11 is 0. The first-order chi connectivity index (χ1) is 7.91. The van der Waals surface area contributed by atoms with Gasteiger partial charge in [-0.3, -0.25) is 4.79 Å². The Morgan fingerprint density at radius 2 is 1.71 bits per heavy atom. The van der Waals surface area contributed by atoms with Gasteiger partial charge in [-0.2, -0.15) is 0 Å². The summed E-state index contributed by atoms with van der Waals surface area (Å²) in [7, 11) is 2.17. The van der Waals surface area contributed by atoms with Gasteiger partial charge in [-0.05, 0) is 43.1 Å². The number of nitrogens with zero attached hydrogens (tertiary/aromatic N) is 1. The highest BCUT2D eigenvalue weighted by Crippen LogP contribution is 2.48. The summed E-state index contributed by atoms with van der Waals surface area (Å²) in [4.78, 5) is 13.7. The highest BCUT2D eigenvalue weighted by atomic mass is 16.4. The minimum atomic E-state index is -0.615. The molecule has 1 aliphatic carbocycles. The van der Waals surface area contributed by atoms with Gasteiger partial charge < -0.3 is 10.0 Å². The number of fused-ring (bicyclic) bond motifs is 2. The van der Waals surface area contributed by atoms with Crippen molar-refractivity contribution in [1.82, 2.24) is 4.90 Å². The lowest BCUT2D eigenvalue weighted by atomic mass is 9.57. The van der Waals surface area contributed by atoms with E-state index in [-0.39, 0.29) is 5.92 Å². The molecular weight excluding hydrogens is 214 g/mol. The van der Waals surface area contributed by atoms with E-state index >= 15 is 0 Å². The van der Waals surface area contributed by atoms with Gasteiger partial charge in [0.05, 0.1) is 5.92 Å². The Morgan fingerprint density at radius 1 is 1.24 bits per heavy atom. The molecule has 5 atom stereocenters. The van der Waals surface area contributed by atoms with Crippen LogP contribution in [-0.2, 0) is 4.79 Å². The van der Waals surface area contributed by atoms with Crippen LogP contribution in [0.5, 0.6) is 0 Å². The van der Waals surface area contributed by atoms with Gasteiger partial charge in [0.15, 0.2) is 0 Å². The van der Waals surface area contributed by atoms with E-state index in [9.17, 15) is 9.90 Å². The summed E-state index contributed by atoms with van der Waals surface area (Å²) in [5, 5.41) is 9.31. The lowest BCUT2D eigenvalue weighted by Crippen LogP contribution is -2.55. The molecule has 2 bridgehead atoms. The molecule has 3 unspecified atom stereocenters. The van der Waals surface area contributed by atoms with E-state index in [2.05, 4.69) is 25.8 Å². The van der Waals surface area contributed by atoms with Gasteiger partial charge in [0.25, 0.3) is 0 Å². The van der Waals surface area contributed by atoms with Crippen LogP contribution in [0, 0.1) is 35.5 Å². The summed E-state index contributed by atoms with van der Waals surface area (Å²) in [6.07, 6.45) is 1.27. The van der Waals surface area contributed by atoms with E-state index in [0.29, 0.717) is 29.6 Å². The van der Waals surface area contributed by atoms with Crippen LogP contribution in [0.3, 0.4) is 0 Å². The molecule has 0 aromatic carbocycles. The number of hydrogen-bond donors (Lipinski definition) is 1. The van der Waals surface area contributed by atoms with Crippen molar-refractivity contribution in [2.24, 2.45) is 35.5 Å². The minimum absolute atomic E-state index is 0.191. The Hall–Kier alpha value is -0.570. The molecule has 3 nitrogen and oxygen atoms in total. The van der Waals surface area contributed by atoms with Crippen molar-refractivity contribution in [1.29, 1.82) is 0 Å². The first kappa shape index (κ1) is 12.9. The third kappa shape index (κ3) is 2.22. The van der Waals surface area contributed by atoms with E-state index < -0.39 is 5.97 Å². The highest BCUT2D eigenvalue weighted by Gasteiger charge is 2.48. The quantitative estimate of drug-likeness (QED) is 0.803. The summed E-state index contributed by atoms with van der Waals surface area (Å²) < 4.78 is 0. The van der Waals surface area contributed by atoms with Crippen molar-refractivity contribution < 1.29 is 9.90 Å². The van der Waals surface area contributed by atoms with Gasteiger partial charge in [-0.25, -0.2) is 0 Å². The van der Waals surface area contributed by atoms with Crippen LogP contribution in [0.2, 0.25) is 0 Å². The molecule has 1 aliphatic heterocycles. The summed E-state index contributed by atoms with van der Waals surface area (Å²) in [6.45, 7) is 8.67. The molecule has 1 N–H and O–H groups in total. The molecular formula is C14H25NO2. The molecule has 17 heavy (non-hydrogen) atoms. The monoisotopic (exact) mass is 239 g/mol. The Balaban J connectivity index is 2.26. The van der Waals surface area contributed by atoms with Gasteiger partial charge in [0.2, 0.25) is 0 Å². The maximum absolute atomic E-state index is 11.3. The zero-order chi connectivity index (χ0) is 12.7. The van der Waals surface area contributed by atoms with Gasteiger partial charge in [-0.1, -0.05) is 20.8 Å². The fourth-order valence-electron chi connectivity index (χ4n) is 4.32. The molecule has 3 heteroatoms. The number of carboxylic acids is 1. The molecule has 2 rings (SSSR count). The zero-order valence-corrected chi connectivity index (χ0v) is 11.4. The van der Waals surface area contributed by atoms with Crippen LogP contribution in [0.25, 0.3) is 0 Å². The Kier molecular flexibility index (Phi) is 3.48. The Bertz CT molecular complexity index is 287. The van der Waals surface area contributed by atoms with Crippen molar-refractivity contribution in [3.05, 3.63) is 0 Å². The molecule has 1 heterocycles. The van der Waals surface area contributed by atoms with Crippen molar-refractivity contribution in [3.63, 3.8) is 0 Å². The standard InChI is InChI=1S/C14H25NO2/c1-8-5-9(2)12-7-15(4)6-11(8)13(12)10(3)14(16)17/h8-13H,5-7H2,1-4H3,(H,16,17)/t8-,9-,10?,11?,12?,13?/m1/s1. The Labute approximate surface area is 104 Å². The van der Waals surface area contributed by atoms with E-state index in [1.54, 1.807) is 0 Å². The number of carbonyl (C=O) groups is 1. The molecule has 0 spiro atoms. The van der Waals surface area contributed by atoms with E-state index in [0.717, 1.165) is 13.1 Å². The maximum Gasteiger partial charge on any atom is 0.306 e. The van der Waals surface area contributed by atoms with Gasteiger partial charge in [0.1, 0.15) is 0 Å². The van der Waals surface area contributed by atoms with Crippen molar-refractivity contribution in [2.45, 2.75) is 27.2 Å². The fraction of sp³-hybridized carbons (Fsp3) is 0.929. The number of hydrogen-bond acceptors (Lipinski definition) is 2. The number of aliphatic carboxylic acids is 1. The van der Waals surface area contributed by atoms with Gasteiger partial charge >= 0.3 is 5.97 Å². The average Bonchev–Trinajstić information content (AvgIpc) is 2.25. The van der Waals surface area contributed by atoms with Crippen LogP contribution in [-0.4, -0.2) is 36.1 Å². The number of likely N-dealkylation sites (tertiary alicyclic amines) is 1.